The quantitative estimate of drug-likeness (QED) is 0.848. The Labute approximate surface area is 108 Å². The van der Waals surface area contributed by atoms with E-state index in [0.29, 0.717) is 11.4 Å². The Morgan fingerprint density at radius 1 is 1.22 bits per heavy atom. The van der Waals surface area contributed by atoms with Crippen LogP contribution in [0.25, 0.3) is 0 Å². The molecule has 0 bridgehead atoms. The van der Waals surface area contributed by atoms with Crippen LogP contribution in [-0.2, 0) is 10.0 Å². The van der Waals surface area contributed by atoms with Gasteiger partial charge in [-0.1, -0.05) is 6.07 Å². The lowest BCUT2D eigenvalue weighted by molar-refractivity contribution is 0.213. The highest BCUT2D eigenvalue weighted by atomic mass is 32.2. The van der Waals surface area contributed by atoms with Crippen LogP contribution in [0.4, 0.5) is 0 Å². The molecule has 0 aliphatic heterocycles. The summed E-state index contributed by atoms with van der Waals surface area (Å²) in [6.07, 6.45) is 1.78. The second-order valence-corrected chi connectivity index (χ2v) is 7.07. The Bertz CT molecular complexity index is 527. The number of rotatable bonds is 5. The Balaban J connectivity index is 2.15. The van der Waals surface area contributed by atoms with Crippen LogP contribution >= 0.6 is 0 Å². The van der Waals surface area contributed by atoms with Crippen LogP contribution in [0.15, 0.2) is 23.1 Å². The Morgan fingerprint density at radius 3 is 2.22 bits per heavy atom. The molecule has 2 rings (SSSR count). The average Bonchev–Trinajstić information content (AvgIpc) is 3.06. The third-order valence-corrected chi connectivity index (χ3v) is 4.82. The fraction of sp³-hybridized carbons (Fsp3) is 0.538. The number of sulfonamides is 1. The fourth-order valence-electron chi connectivity index (χ4n) is 1.99. The summed E-state index contributed by atoms with van der Waals surface area (Å²) in [5, 5.41) is 9.18. The minimum Gasteiger partial charge on any atom is -0.396 e. The van der Waals surface area contributed by atoms with Crippen LogP contribution in [-0.4, -0.2) is 26.7 Å². The number of aliphatic hydroxyl groups excluding tert-OH is 1. The molecule has 2 N–H and O–H groups in total. The van der Waals surface area contributed by atoms with Gasteiger partial charge < -0.3 is 5.11 Å². The smallest absolute Gasteiger partial charge is 0.240 e. The third-order valence-electron chi connectivity index (χ3n) is 3.44. The van der Waals surface area contributed by atoms with Crippen molar-refractivity contribution < 1.29 is 13.5 Å². The lowest BCUT2D eigenvalue weighted by atomic mass is 10.1. The number of nitrogens with one attached hydrogen (secondary N) is 1. The molecule has 1 aliphatic carbocycles. The van der Waals surface area contributed by atoms with Crippen LogP contribution in [0.2, 0.25) is 0 Å². The van der Waals surface area contributed by atoms with Gasteiger partial charge in [-0.15, -0.1) is 0 Å². The first kappa shape index (κ1) is 13.5. The lowest BCUT2D eigenvalue weighted by Gasteiger charge is -2.13. The summed E-state index contributed by atoms with van der Waals surface area (Å²) in [4.78, 5) is 0.300. The predicted molar refractivity (Wildman–Crippen MR) is 69.9 cm³/mol. The summed E-state index contributed by atoms with van der Waals surface area (Å²) < 4.78 is 26.9. The molecule has 0 aromatic heterocycles. The van der Waals surface area contributed by atoms with Crippen molar-refractivity contribution in [2.75, 3.05) is 13.2 Å². The SMILES string of the molecule is Cc1cc(C)cc(S(=O)(=O)NCC2(CO)CC2)c1. The molecular formula is C13H19NO3S. The zero-order chi connectivity index (χ0) is 13.4. The van der Waals surface area contributed by atoms with Crippen LogP contribution in [0.3, 0.4) is 0 Å². The maximum Gasteiger partial charge on any atom is 0.240 e. The third kappa shape index (κ3) is 2.91. The van der Waals surface area contributed by atoms with E-state index in [2.05, 4.69) is 4.72 Å². The monoisotopic (exact) mass is 269 g/mol. The van der Waals surface area contributed by atoms with Crippen molar-refractivity contribution in [3.8, 4) is 0 Å². The molecule has 100 valence electrons. The van der Waals surface area contributed by atoms with Gasteiger partial charge in [0.05, 0.1) is 4.90 Å². The number of hydrogen-bond donors (Lipinski definition) is 2. The van der Waals surface area contributed by atoms with Crippen LogP contribution in [0, 0.1) is 19.3 Å². The highest BCUT2D eigenvalue weighted by Gasteiger charge is 2.42. The molecular weight excluding hydrogens is 250 g/mol. The van der Waals surface area contributed by atoms with Crippen molar-refractivity contribution in [2.24, 2.45) is 5.41 Å². The topological polar surface area (TPSA) is 66.4 Å². The summed E-state index contributed by atoms with van der Waals surface area (Å²) in [5.74, 6) is 0. The summed E-state index contributed by atoms with van der Waals surface area (Å²) in [6, 6.07) is 5.26. The van der Waals surface area contributed by atoms with Gasteiger partial charge in [-0.25, -0.2) is 13.1 Å². The molecule has 0 spiro atoms. The van der Waals surface area contributed by atoms with E-state index in [9.17, 15) is 13.5 Å². The van der Waals surface area contributed by atoms with E-state index < -0.39 is 10.0 Å². The van der Waals surface area contributed by atoms with Crippen molar-refractivity contribution in [2.45, 2.75) is 31.6 Å². The maximum atomic E-state index is 12.1. The minimum atomic E-state index is -3.47. The molecule has 5 heteroatoms. The molecule has 4 nitrogen and oxygen atoms in total. The van der Waals surface area contributed by atoms with Crippen molar-refractivity contribution in [3.05, 3.63) is 29.3 Å². The molecule has 1 saturated carbocycles. The zero-order valence-corrected chi connectivity index (χ0v) is 11.5. The number of aryl methyl sites for hydroxylation is 2. The van der Waals surface area contributed by atoms with E-state index in [1.165, 1.54) is 0 Å². The Morgan fingerprint density at radius 2 is 1.78 bits per heavy atom. The van der Waals surface area contributed by atoms with E-state index in [1.54, 1.807) is 12.1 Å². The highest BCUT2D eigenvalue weighted by Crippen LogP contribution is 2.44. The molecule has 0 heterocycles. The molecule has 0 amide bonds. The van der Waals surface area contributed by atoms with Crippen LogP contribution in [0.1, 0.15) is 24.0 Å². The van der Waals surface area contributed by atoms with Crippen molar-refractivity contribution in [1.29, 1.82) is 0 Å². The first-order valence-electron chi connectivity index (χ1n) is 6.06. The summed E-state index contributed by atoms with van der Waals surface area (Å²) in [5.41, 5.74) is 1.64. The first-order chi connectivity index (χ1) is 8.37. The molecule has 1 fully saturated rings. The standard InChI is InChI=1S/C13H19NO3S/c1-10-5-11(2)7-12(6-10)18(16,17)14-8-13(9-15)3-4-13/h5-7,14-15H,3-4,8-9H2,1-2H3. The van der Waals surface area contributed by atoms with Gasteiger partial charge in [0.25, 0.3) is 0 Å². The summed E-state index contributed by atoms with van der Waals surface area (Å²) in [6.45, 7) is 4.12. The van der Waals surface area contributed by atoms with E-state index in [1.807, 2.05) is 19.9 Å². The zero-order valence-electron chi connectivity index (χ0n) is 10.7. The molecule has 0 atom stereocenters. The van der Waals surface area contributed by atoms with E-state index in [-0.39, 0.29) is 12.0 Å². The molecule has 0 saturated heterocycles. The van der Waals surface area contributed by atoms with Gasteiger partial charge in [0.2, 0.25) is 10.0 Å². The number of hydrogen-bond acceptors (Lipinski definition) is 3. The van der Waals surface area contributed by atoms with Gasteiger partial charge in [-0.05, 0) is 49.9 Å². The fourth-order valence-corrected chi connectivity index (χ4v) is 3.33. The maximum absolute atomic E-state index is 12.1. The van der Waals surface area contributed by atoms with Gasteiger partial charge >= 0.3 is 0 Å². The van der Waals surface area contributed by atoms with Crippen LogP contribution < -0.4 is 4.72 Å². The predicted octanol–water partition coefficient (Wildman–Crippen LogP) is 1.35. The van der Waals surface area contributed by atoms with Gasteiger partial charge in [-0.3, -0.25) is 0 Å². The lowest BCUT2D eigenvalue weighted by Crippen LogP contribution is -2.32. The Kier molecular flexibility index (Phi) is 3.49. The number of benzene rings is 1. The average molecular weight is 269 g/mol. The highest BCUT2D eigenvalue weighted by molar-refractivity contribution is 7.89. The molecule has 1 aromatic rings. The second kappa shape index (κ2) is 4.64. The van der Waals surface area contributed by atoms with Gasteiger partial charge in [-0.2, -0.15) is 0 Å². The molecule has 0 unspecified atom stereocenters. The van der Waals surface area contributed by atoms with Crippen molar-refractivity contribution >= 4 is 10.0 Å². The molecule has 1 aromatic carbocycles. The molecule has 0 radical (unpaired) electrons. The van der Waals surface area contributed by atoms with E-state index in [4.69, 9.17) is 0 Å². The first-order valence-corrected chi connectivity index (χ1v) is 7.54. The van der Waals surface area contributed by atoms with Crippen molar-refractivity contribution in [3.63, 3.8) is 0 Å². The van der Waals surface area contributed by atoms with E-state index >= 15 is 0 Å². The largest absolute Gasteiger partial charge is 0.396 e. The number of aliphatic hydroxyl groups is 1. The summed E-state index contributed by atoms with van der Waals surface area (Å²) in [7, 11) is -3.47. The summed E-state index contributed by atoms with van der Waals surface area (Å²) >= 11 is 0. The normalized spacial score (nSPS) is 17.7. The van der Waals surface area contributed by atoms with Crippen LogP contribution in [0.5, 0.6) is 0 Å². The van der Waals surface area contributed by atoms with Gasteiger partial charge in [0.1, 0.15) is 0 Å². The van der Waals surface area contributed by atoms with Gasteiger partial charge in [0.15, 0.2) is 0 Å². The Hall–Kier alpha value is -0.910. The second-order valence-electron chi connectivity index (χ2n) is 5.31. The molecule has 18 heavy (non-hydrogen) atoms. The van der Waals surface area contributed by atoms with Crippen molar-refractivity contribution in [1.82, 2.24) is 4.72 Å². The van der Waals surface area contributed by atoms with Gasteiger partial charge in [0, 0.05) is 18.6 Å². The molecule has 1 aliphatic rings. The van der Waals surface area contributed by atoms with E-state index in [0.717, 1.165) is 24.0 Å². The minimum absolute atomic E-state index is 0.0440.